The van der Waals surface area contributed by atoms with Crippen molar-refractivity contribution in [3.05, 3.63) is 132 Å². The SMILES string of the molecule is CCc1cc(-c2ccc3cc(-c4ccc(-c5ccc6ccccc6c5)cc4)ccc3c2)cc(C(F)(F)F)c1. The minimum atomic E-state index is -4.37. The van der Waals surface area contributed by atoms with E-state index in [9.17, 15) is 13.2 Å². The van der Waals surface area contributed by atoms with E-state index in [2.05, 4.69) is 78.9 Å². The van der Waals surface area contributed by atoms with Gasteiger partial charge >= 0.3 is 6.18 Å². The Bertz CT molecular complexity index is 1780. The number of fused-ring (bicyclic) bond motifs is 2. The molecule has 6 rings (SSSR count). The summed E-state index contributed by atoms with van der Waals surface area (Å²) in [5.41, 5.74) is 6.01. The van der Waals surface area contributed by atoms with Crippen molar-refractivity contribution >= 4 is 21.5 Å². The van der Waals surface area contributed by atoms with Crippen molar-refractivity contribution in [1.29, 1.82) is 0 Å². The molecule has 38 heavy (non-hydrogen) atoms. The minimum Gasteiger partial charge on any atom is -0.166 e. The van der Waals surface area contributed by atoms with Gasteiger partial charge in [0, 0.05) is 0 Å². The first kappa shape index (κ1) is 24.0. The van der Waals surface area contributed by atoms with Crippen LogP contribution >= 0.6 is 0 Å². The molecule has 0 aliphatic carbocycles. The predicted molar refractivity (Wildman–Crippen MR) is 152 cm³/mol. The molecule has 0 radical (unpaired) electrons. The number of aryl methyl sites for hydroxylation is 1. The van der Waals surface area contributed by atoms with Crippen LogP contribution in [0.2, 0.25) is 0 Å². The highest BCUT2D eigenvalue weighted by Gasteiger charge is 2.31. The van der Waals surface area contributed by atoms with E-state index >= 15 is 0 Å². The van der Waals surface area contributed by atoms with E-state index in [-0.39, 0.29) is 0 Å². The van der Waals surface area contributed by atoms with Crippen LogP contribution in [0.3, 0.4) is 0 Å². The number of rotatable bonds is 4. The summed E-state index contributed by atoms with van der Waals surface area (Å²) >= 11 is 0. The number of hydrogen-bond acceptors (Lipinski definition) is 0. The molecule has 0 spiro atoms. The Balaban J connectivity index is 1.30. The van der Waals surface area contributed by atoms with Crippen molar-refractivity contribution < 1.29 is 13.2 Å². The third kappa shape index (κ3) is 4.68. The molecule has 0 heterocycles. The molecule has 186 valence electrons. The molecule has 0 unspecified atom stereocenters. The summed E-state index contributed by atoms with van der Waals surface area (Å²) in [6.45, 7) is 1.87. The molecule has 0 saturated carbocycles. The minimum absolute atomic E-state index is 0.549. The predicted octanol–water partition coefficient (Wildman–Crippen LogP) is 10.6. The lowest BCUT2D eigenvalue weighted by Crippen LogP contribution is -2.06. The summed E-state index contributed by atoms with van der Waals surface area (Å²) in [5.74, 6) is 0. The van der Waals surface area contributed by atoms with Gasteiger partial charge in [0.05, 0.1) is 5.56 Å². The van der Waals surface area contributed by atoms with Gasteiger partial charge in [-0.15, -0.1) is 0 Å². The van der Waals surface area contributed by atoms with Gasteiger partial charge in [-0.2, -0.15) is 13.2 Å². The lowest BCUT2D eigenvalue weighted by atomic mass is 9.94. The maximum Gasteiger partial charge on any atom is 0.416 e. The molecule has 6 aromatic carbocycles. The van der Waals surface area contributed by atoms with Crippen LogP contribution in [0.25, 0.3) is 54.9 Å². The lowest BCUT2D eigenvalue weighted by Gasteiger charge is -2.13. The Morgan fingerprint density at radius 1 is 0.447 bits per heavy atom. The van der Waals surface area contributed by atoms with Crippen LogP contribution in [0.5, 0.6) is 0 Å². The summed E-state index contributed by atoms with van der Waals surface area (Å²) in [5, 5.41) is 4.49. The highest BCUT2D eigenvalue weighted by molar-refractivity contribution is 5.91. The topological polar surface area (TPSA) is 0 Å². The molecule has 6 aromatic rings. The number of alkyl halides is 3. The monoisotopic (exact) mass is 502 g/mol. The standard InChI is InChI=1S/C35H25F3/c1-2-23-17-33(22-34(18-23)35(36,37)38)32-16-15-30-20-29(13-14-31(30)21-32)26-9-7-25(8-10-26)28-12-11-24-5-3-4-6-27(24)19-28/h3-22H,2H2,1H3. The first-order valence-corrected chi connectivity index (χ1v) is 12.7. The zero-order valence-electron chi connectivity index (χ0n) is 20.9. The van der Waals surface area contributed by atoms with Crippen molar-refractivity contribution in [3.63, 3.8) is 0 Å². The normalized spacial score (nSPS) is 11.8. The number of benzene rings is 6. The Hall–Kier alpha value is -4.37. The van der Waals surface area contributed by atoms with Gasteiger partial charge in [-0.3, -0.25) is 0 Å². The Labute approximate surface area is 220 Å². The van der Waals surface area contributed by atoms with Crippen LogP contribution in [-0.2, 0) is 12.6 Å². The maximum absolute atomic E-state index is 13.4. The van der Waals surface area contributed by atoms with Crippen LogP contribution in [0.4, 0.5) is 13.2 Å². The smallest absolute Gasteiger partial charge is 0.166 e. The van der Waals surface area contributed by atoms with Crippen molar-refractivity contribution in [3.8, 4) is 33.4 Å². The van der Waals surface area contributed by atoms with Gasteiger partial charge < -0.3 is 0 Å². The van der Waals surface area contributed by atoms with Gasteiger partial charge in [0.15, 0.2) is 0 Å². The zero-order valence-corrected chi connectivity index (χ0v) is 20.9. The fraction of sp³-hybridized carbons (Fsp3) is 0.0857. The molecule has 0 aliphatic heterocycles. The van der Waals surface area contributed by atoms with E-state index < -0.39 is 11.7 Å². The van der Waals surface area contributed by atoms with Gasteiger partial charge in [0.1, 0.15) is 0 Å². The van der Waals surface area contributed by atoms with Gasteiger partial charge in [-0.25, -0.2) is 0 Å². The molecule has 0 bridgehead atoms. The van der Waals surface area contributed by atoms with Crippen molar-refractivity contribution in [2.45, 2.75) is 19.5 Å². The zero-order chi connectivity index (χ0) is 26.3. The van der Waals surface area contributed by atoms with Gasteiger partial charge in [-0.1, -0.05) is 97.9 Å². The summed E-state index contributed by atoms with van der Waals surface area (Å²) < 4.78 is 40.3. The molecule has 0 aromatic heterocycles. The summed E-state index contributed by atoms with van der Waals surface area (Å²) in [4.78, 5) is 0. The Morgan fingerprint density at radius 2 is 0.895 bits per heavy atom. The molecule has 0 saturated heterocycles. The van der Waals surface area contributed by atoms with Gasteiger partial charge in [-0.05, 0) is 97.2 Å². The van der Waals surface area contributed by atoms with Crippen molar-refractivity contribution in [2.75, 3.05) is 0 Å². The van der Waals surface area contributed by atoms with Crippen LogP contribution in [0, 0.1) is 0 Å². The van der Waals surface area contributed by atoms with Crippen molar-refractivity contribution in [1.82, 2.24) is 0 Å². The highest BCUT2D eigenvalue weighted by Crippen LogP contribution is 2.35. The molecule has 3 heteroatoms. The Kier molecular flexibility index (Phi) is 6.00. The molecule has 0 atom stereocenters. The molecular weight excluding hydrogens is 477 g/mol. The third-order valence-electron chi connectivity index (χ3n) is 7.20. The summed E-state index contributed by atoms with van der Waals surface area (Å²) in [6.07, 6.45) is -3.82. The molecule has 0 fully saturated rings. The average molecular weight is 503 g/mol. The first-order valence-electron chi connectivity index (χ1n) is 12.7. The second-order valence-electron chi connectivity index (χ2n) is 9.69. The van der Waals surface area contributed by atoms with Gasteiger partial charge in [0.25, 0.3) is 0 Å². The van der Waals surface area contributed by atoms with Crippen LogP contribution in [0.15, 0.2) is 121 Å². The fourth-order valence-electron chi connectivity index (χ4n) is 5.06. The average Bonchev–Trinajstić information content (AvgIpc) is 2.95. The van der Waals surface area contributed by atoms with Crippen LogP contribution < -0.4 is 0 Å². The van der Waals surface area contributed by atoms with Crippen molar-refractivity contribution in [2.24, 2.45) is 0 Å². The third-order valence-corrected chi connectivity index (χ3v) is 7.20. The lowest BCUT2D eigenvalue weighted by molar-refractivity contribution is -0.137. The molecular formula is C35H25F3. The molecule has 0 N–H and O–H groups in total. The van der Waals surface area contributed by atoms with Crippen LogP contribution in [-0.4, -0.2) is 0 Å². The number of halogens is 3. The van der Waals surface area contributed by atoms with Crippen LogP contribution in [0.1, 0.15) is 18.1 Å². The molecule has 0 nitrogen and oxygen atoms in total. The van der Waals surface area contributed by atoms with E-state index in [0.717, 1.165) is 33.0 Å². The van der Waals surface area contributed by atoms with E-state index in [1.54, 1.807) is 0 Å². The van der Waals surface area contributed by atoms with E-state index in [0.29, 0.717) is 17.5 Å². The Morgan fingerprint density at radius 3 is 1.42 bits per heavy atom. The van der Waals surface area contributed by atoms with E-state index in [1.807, 2.05) is 37.3 Å². The first-order chi connectivity index (χ1) is 18.4. The quantitative estimate of drug-likeness (QED) is 0.225. The number of hydrogen-bond donors (Lipinski definition) is 0. The maximum atomic E-state index is 13.4. The second kappa shape index (κ2) is 9.50. The molecule has 0 aliphatic rings. The fourth-order valence-corrected chi connectivity index (χ4v) is 5.06. The van der Waals surface area contributed by atoms with Gasteiger partial charge in [0.2, 0.25) is 0 Å². The molecule has 0 amide bonds. The summed E-state index contributed by atoms with van der Waals surface area (Å²) in [6, 6.07) is 39.9. The highest BCUT2D eigenvalue weighted by atomic mass is 19.4. The summed E-state index contributed by atoms with van der Waals surface area (Å²) in [7, 11) is 0. The largest absolute Gasteiger partial charge is 0.416 e. The second-order valence-corrected chi connectivity index (χ2v) is 9.69. The van der Waals surface area contributed by atoms with E-state index in [4.69, 9.17) is 0 Å². The van der Waals surface area contributed by atoms with E-state index in [1.165, 1.54) is 28.5 Å².